The molecular weight excluding hydrogens is 639 g/mol. The minimum atomic E-state index is -0.510. The van der Waals surface area contributed by atoms with E-state index in [1.54, 1.807) is 31.4 Å². The van der Waals surface area contributed by atoms with E-state index >= 15 is 0 Å². The number of esters is 1. The van der Waals surface area contributed by atoms with Crippen LogP contribution in [0.1, 0.15) is 16.7 Å². The van der Waals surface area contributed by atoms with Crippen molar-refractivity contribution in [2.75, 3.05) is 7.11 Å². The van der Waals surface area contributed by atoms with Gasteiger partial charge in [0.1, 0.15) is 12.4 Å². The number of rotatable bonds is 6. The Labute approximate surface area is 211 Å². The molecule has 3 aromatic carbocycles. The van der Waals surface area contributed by atoms with Gasteiger partial charge >= 0.3 is 5.97 Å². The molecule has 1 heterocycles. The molecule has 0 N–H and O–H groups in total. The fourth-order valence-corrected chi connectivity index (χ4v) is 4.12. The monoisotopic (exact) mass is 655 g/mol. The van der Waals surface area contributed by atoms with Crippen molar-refractivity contribution in [1.82, 2.24) is 0 Å². The van der Waals surface area contributed by atoms with E-state index < -0.39 is 5.97 Å². The van der Waals surface area contributed by atoms with Crippen LogP contribution in [-0.4, -0.2) is 19.0 Å². The van der Waals surface area contributed by atoms with Gasteiger partial charge in [-0.15, -0.1) is 0 Å². The van der Waals surface area contributed by atoms with Crippen LogP contribution in [0.2, 0.25) is 0 Å². The normalized spacial score (nSPS) is 14.3. The molecule has 162 valence electrons. The second kappa shape index (κ2) is 9.99. The zero-order valence-electron chi connectivity index (χ0n) is 16.8. The van der Waals surface area contributed by atoms with E-state index in [1.807, 2.05) is 30.3 Å². The first-order valence-electron chi connectivity index (χ1n) is 9.46. The Kier molecular flexibility index (Phi) is 7.09. The van der Waals surface area contributed by atoms with Crippen molar-refractivity contribution in [2.24, 2.45) is 4.99 Å². The highest BCUT2D eigenvalue weighted by molar-refractivity contribution is 14.1. The van der Waals surface area contributed by atoms with E-state index in [0.717, 1.165) is 23.8 Å². The van der Waals surface area contributed by atoms with Crippen LogP contribution >= 0.6 is 45.2 Å². The molecular formula is C24H16FI2NO4. The molecule has 0 spiro atoms. The largest absolute Gasteiger partial charge is 0.493 e. The van der Waals surface area contributed by atoms with E-state index in [-0.39, 0.29) is 24.0 Å². The summed E-state index contributed by atoms with van der Waals surface area (Å²) in [7, 11) is 1.55. The lowest BCUT2D eigenvalue weighted by Gasteiger charge is -2.14. The minimum Gasteiger partial charge on any atom is -0.493 e. The summed E-state index contributed by atoms with van der Waals surface area (Å²) >= 11 is 4.35. The smallest absolute Gasteiger partial charge is 0.363 e. The summed E-state index contributed by atoms with van der Waals surface area (Å²) in [5.74, 6) is 0.551. The molecule has 0 fully saturated rings. The van der Waals surface area contributed by atoms with Gasteiger partial charge in [-0.2, -0.15) is 0 Å². The molecule has 0 unspecified atom stereocenters. The second-order valence-corrected chi connectivity index (χ2v) is 9.20. The Balaban J connectivity index is 1.58. The molecule has 0 saturated heterocycles. The summed E-state index contributed by atoms with van der Waals surface area (Å²) in [5.41, 5.74) is 2.50. The van der Waals surface area contributed by atoms with Crippen molar-refractivity contribution >= 4 is 63.1 Å². The summed E-state index contributed by atoms with van der Waals surface area (Å²) in [6.45, 7) is 0.267. The van der Waals surface area contributed by atoms with E-state index in [2.05, 4.69) is 50.2 Å². The summed E-state index contributed by atoms with van der Waals surface area (Å²) in [5, 5.41) is 0. The molecule has 0 saturated carbocycles. The van der Waals surface area contributed by atoms with Crippen LogP contribution in [0.15, 0.2) is 71.4 Å². The molecule has 1 aliphatic heterocycles. The number of methoxy groups -OCH3 is 1. The molecule has 0 radical (unpaired) electrons. The zero-order chi connectivity index (χ0) is 22.7. The Morgan fingerprint density at radius 1 is 1.06 bits per heavy atom. The van der Waals surface area contributed by atoms with Gasteiger partial charge in [-0.3, -0.25) is 0 Å². The van der Waals surface area contributed by atoms with Gasteiger partial charge in [0, 0.05) is 9.13 Å². The summed E-state index contributed by atoms with van der Waals surface area (Å²) in [6, 6.07) is 17.3. The second-order valence-electron chi connectivity index (χ2n) is 6.79. The Morgan fingerprint density at radius 3 is 2.47 bits per heavy atom. The van der Waals surface area contributed by atoms with Gasteiger partial charge in [0.15, 0.2) is 17.2 Å². The molecule has 5 nitrogen and oxygen atoms in total. The number of carbonyl (C=O) groups is 1. The third-order valence-corrected chi connectivity index (χ3v) is 6.08. The number of halogens is 3. The molecule has 4 rings (SSSR count). The van der Waals surface area contributed by atoms with Crippen molar-refractivity contribution in [2.45, 2.75) is 6.61 Å². The molecule has 1 aliphatic rings. The van der Waals surface area contributed by atoms with Crippen LogP contribution in [-0.2, 0) is 16.1 Å². The maximum Gasteiger partial charge on any atom is 0.363 e. The van der Waals surface area contributed by atoms with Crippen molar-refractivity contribution < 1.29 is 23.4 Å². The SMILES string of the molecule is COc1cc(/C=C2\N=C(c3ccc(I)cc3)OC2=O)cc(I)c1OCc1ccc(F)cc1. The van der Waals surface area contributed by atoms with Crippen LogP contribution in [0.5, 0.6) is 11.5 Å². The quantitative estimate of drug-likeness (QED) is 0.187. The van der Waals surface area contributed by atoms with Gasteiger partial charge < -0.3 is 14.2 Å². The molecule has 0 aromatic heterocycles. The van der Waals surface area contributed by atoms with E-state index in [9.17, 15) is 9.18 Å². The van der Waals surface area contributed by atoms with Crippen LogP contribution in [0.25, 0.3) is 6.08 Å². The third-order valence-electron chi connectivity index (χ3n) is 4.56. The molecule has 0 atom stereocenters. The van der Waals surface area contributed by atoms with Gasteiger partial charge in [0.2, 0.25) is 5.90 Å². The number of ether oxygens (including phenoxy) is 3. The summed E-state index contributed by atoms with van der Waals surface area (Å²) in [6.07, 6.45) is 1.65. The Bertz CT molecular complexity index is 1220. The van der Waals surface area contributed by atoms with Crippen molar-refractivity contribution in [3.8, 4) is 11.5 Å². The number of cyclic esters (lactones) is 1. The summed E-state index contributed by atoms with van der Waals surface area (Å²) < 4.78 is 31.7. The fraction of sp³-hybridized carbons (Fsp3) is 0.0833. The van der Waals surface area contributed by atoms with Gasteiger partial charge in [0.05, 0.1) is 10.7 Å². The zero-order valence-corrected chi connectivity index (χ0v) is 21.1. The van der Waals surface area contributed by atoms with Crippen molar-refractivity contribution in [3.05, 3.63) is 96.0 Å². The van der Waals surface area contributed by atoms with Crippen LogP contribution in [0, 0.1) is 13.0 Å². The molecule has 32 heavy (non-hydrogen) atoms. The van der Waals surface area contributed by atoms with Crippen LogP contribution < -0.4 is 9.47 Å². The lowest BCUT2D eigenvalue weighted by molar-refractivity contribution is -0.129. The number of benzene rings is 3. The lowest BCUT2D eigenvalue weighted by Crippen LogP contribution is -2.05. The van der Waals surface area contributed by atoms with E-state index in [0.29, 0.717) is 11.5 Å². The van der Waals surface area contributed by atoms with Crippen molar-refractivity contribution in [3.63, 3.8) is 0 Å². The predicted octanol–water partition coefficient (Wildman–Crippen LogP) is 5.97. The van der Waals surface area contributed by atoms with Crippen molar-refractivity contribution in [1.29, 1.82) is 0 Å². The maximum atomic E-state index is 13.1. The Morgan fingerprint density at radius 2 is 1.78 bits per heavy atom. The van der Waals surface area contributed by atoms with Gasteiger partial charge in [-0.05, 0) is 111 Å². The molecule has 8 heteroatoms. The molecule has 0 bridgehead atoms. The van der Waals surface area contributed by atoms with Crippen LogP contribution in [0.4, 0.5) is 4.39 Å². The molecule has 0 amide bonds. The first-order chi connectivity index (χ1) is 15.4. The first kappa shape index (κ1) is 22.7. The van der Waals surface area contributed by atoms with Gasteiger partial charge in [-0.25, -0.2) is 14.2 Å². The number of hydrogen-bond donors (Lipinski definition) is 0. The number of aliphatic imine (C=N–C) groups is 1. The summed E-state index contributed by atoms with van der Waals surface area (Å²) in [4.78, 5) is 16.7. The lowest BCUT2D eigenvalue weighted by atomic mass is 10.1. The van der Waals surface area contributed by atoms with Gasteiger partial charge in [0.25, 0.3) is 0 Å². The Hall–Kier alpha value is -2.47. The average Bonchev–Trinajstić information content (AvgIpc) is 3.14. The number of carbonyl (C=O) groups excluding carboxylic acids is 1. The third kappa shape index (κ3) is 5.29. The highest BCUT2D eigenvalue weighted by Crippen LogP contribution is 2.35. The van der Waals surface area contributed by atoms with E-state index in [4.69, 9.17) is 14.2 Å². The highest BCUT2D eigenvalue weighted by Gasteiger charge is 2.24. The predicted molar refractivity (Wildman–Crippen MR) is 136 cm³/mol. The number of hydrogen-bond acceptors (Lipinski definition) is 5. The molecule has 3 aromatic rings. The topological polar surface area (TPSA) is 57.1 Å². The number of nitrogens with zero attached hydrogens (tertiary/aromatic N) is 1. The fourth-order valence-electron chi connectivity index (χ4n) is 2.98. The van der Waals surface area contributed by atoms with Gasteiger partial charge in [-0.1, -0.05) is 12.1 Å². The highest BCUT2D eigenvalue weighted by atomic mass is 127. The minimum absolute atomic E-state index is 0.205. The molecule has 0 aliphatic carbocycles. The maximum absolute atomic E-state index is 13.1. The van der Waals surface area contributed by atoms with Crippen LogP contribution in [0.3, 0.4) is 0 Å². The first-order valence-corrected chi connectivity index (χ1v) is 11.6. The standard InChI is InChI=1S/C24H16FI2NO4/c1-30-21-12-15(10-19(27)22(21)31-13-14-2-6-17(25)7-3-14)11-20-24(29)32-23(28-20)16-4-8-18(26)9-5-16/h2-12H,13H2,1H3/b20-11-. The average molecular weight is 655 g/mol. The van der Waals surface area contributed by atoms with E-state index in [1.165, 1.54) is 12.1 Å².